The van der Waals surface area contributed by atoms with Gasteiger partial charge in [-0.25, -0.2) is 13.9 Å². The zero-order valence-corrected chi connectivity index (χ0v) is 26.0. The number of carbonyl (C=O) groups excluding carboxylic acids is 1. The first-order valence-corrected chi connectivity index (χ1v) is 17.8. The Bertz CT molecular complexity index is 1180. The summed E-state index contributed by atoms with van der Waals surface area (Å²) in [5, 5.41) is -0.108. The van der Waals surface area contributed by atoms with Gasteiger partial charge in [0, 0.05) is 21.5 Å². The van der Waals surface area contributed by atoms with Crippen LogP contribution in [0.25, 0.3) is 0 Å². The van der Waals surface area contributed by atoms with Crippen LogP contribution in [-0.2, 0) is 19.3 Å². The van der Waals surface area contributed by atoms with E-state index in [4.69, 9.17) is 9.26 Å². The molecule has 1 aliphatic rings. The van der Waals surface area contributed by atoms with Crippen molar-refractivity contribution in [1.82, 2.24) is 9.79 Å². The number of halogens is 1. The molecule has 0 saturated carbocycles. The molecular formula is C25H35BrN2O5S2Si. The number of hydrogen-bond donors (Lipinski definition) is 1. The van der Waals surface area contributed by atoms with Crippen molar-refractivity contribution in [3.05, 3.63) is 53.0 Å². The molecule has 3 rings (SSSR count). The number of ether oxygens (including phenoxy) is 1. The van der Waals surface area contributed by atoms with E-state index in [-0.39, 0.29) is 16.5 Å². The van der Waals surface area contributed by atoms with E-state index < -0.39 is 35.0 Å². The molecule has 1 saturated heterocycles. The summed E-state index contributed by atoms with van der Waals surface area (Å²) in [6.07, 6.45) is 0. The van der Waals surface area contributed by atoms with Crippen molar-refractivity contribution in [2.24, 2.45) is 0 Å². The maximum Gasteiger partial charge on any atom is 0.262 e. The van der Waals surface area contributed by atoms with Gasteiger partial charge in [0.2, 0.25) is 18.3 Å². The number of nitrogens with one attached hydrogen (secondary N) is 1. The van der Waals surface area contributed by atoms with Crippen LogP contribution in [-0.4, -0.2) is 50.0 Å². The molecule has 2 aromatic carbocycles. The molecule has 0 radical (unpaired) electrons. The molecule has 0 bridgehead atoms. The second-order valence-corrected chi connectivity index (χ2v) is 20.1. The van der Waals surface area contributed by atoms with Gasteiger partial charge in [-0.2, -0.15) is 16.1 Å². The fourth-order valence-corrected chi connectivity index (χ4v) is 7.53. The maximum atomic E-state index is 13.7. The van der Waals surface area contributed by atoms with E-state index in [2.05, 4.69) is 42.2 Å². The minimum absolute atomic E-state index is 0.108. The van der Waals surface area contributed by atoms with Crippen molar-refractivity contribution >= 4 is 51.9 Å². The summed E-state index contributed by atoms with van der Waals surface area (Å²) in [7, 11) is -6.23. The summed E-state index contributed by atoms with van der Waals surface area (Å²) in [5.41, 5.74) is 2.63. The van der Waals surface area contributed by atoms with Gasteiger partial charge in [-0.3, -0.25) is 4.79 Å². The fourth-order valence-electron chi connectivity index (χ4n) is 3.50. The van der Waals surface area contributed by atoms with Crippen LogP contribution in [0, 0.1) is 0 Å². The Morgan fingerprint density at radius 1 is 1.08 bits per heavy atom. The van der Waals surface area contributed by atoms with Gasteiger partial charge in [-0.15, -0.1) is 0 Å². The fraction of sp³-hybridized carbons (Fsp3) is 0.480. The number of amides is 1. The lowest BCUT2D eigenvalue weighted by Gasteiger charge is -2.44. The second kappa shape index (κ2) is 10.8. The van der Waals surface area contributed by atoms with E-state index in [0.717, 1.165) is 4.47 Å². The third kappa shape index (κ3) is 6.54. The first-order chi connectivity index (χ1) is 16.5. The second-order valence-electron chi connectivity index (χ2n) is 10.8. The van der Waals surface area contributed by atoms with Gasteiger partial charge in [0.25, 0.3) is 5.91 Å². The molecule has 1 aliphatic heterocycles. The minimum atomic E-state index is -3.95. The Morgan fingerprint density at radius 3 is 2.14 bits per heavy atom. The number of hydrogen-bond acceptors (Lipinski definition) is 6. The van der Waals surface area contributed by atoms with E-state index >= 15 is 0 Å². The average molecular weight is 616 g/mol. The van der Waals surface area contributed by atoms with Crippen molar-refractivity contribution < 1.29 is 22.5 Å². The summed E-state index contributed by atoms with van der Waals surface area (Å²) in [6, 6.07) is 12.7. The summed E-state index contributed by atoms with van der Waals surface area (Å²) in [5.74, 6) is 1.30. The molecule has 0 spiro atoms. The molecule has 198 valence electrons. The van der Waals surface area contributed by atoms with E-state index in [9.17, 15) is 13.2 Å². The van der Waals surface area contributed by atoms with Gasteiger partial charge in [-0.05, 0) is 80.5 Å². The highest BCUT2D eigenvalue weighted by Gasteiger charge is 2.49. The predicted octanol–water partition coefficient (Wildman–Crippen LogP) is 6.18. The van der Waals surface area contributed by atoms with Crippen LogP contribution in [0.15, 0.2) is 57.9 Å². The number of sulfonamides is 1. The lowest BCUT2D eigenvalue weighted by atomic mass is 10.0. The van der Waals surface area contributed by atoms with Gasteiger partial charge >= 0.3 is 0 Å². The van der Waals surface area contributed by atoms with Crippen molar-refractivity contribution in [2.75, 3.05) is 12.3 Å². The summed E-state index contributed by atoms with van der Waals surface area (Å²) in [6.45, 7) is 14.3. The number of benzene rings is 2. The van der Waals surface area contributed by atoms with Gasteiger partial charge in [0.15, 0.2) is 0 Å². The number of thioether (sulfide) groups is 1. The molecule has 1 atom stereocenters. The molecule has 1 N–H and O–H groups in total. The maximum absolute atomic E-state index is 13.7. The quantitative estimate of drug-likeness (QED) is 0.296. The van der Waals surface area contributed by atoms with Crippen LogP contribution < -0.4 is 10.2 Å². The molecule has 1 heterocycles. The normalized spacial score (nSPS) is 19.1. The first-order valence-electron chi connectivity index (χ1n) is 11.7. The Labute approximate surface area is 228 Å². The van der Waals surface area contributed by atoms with Gasteiger partial charge < -0.3 is 9.26 Å². The highest BCUT2D eigenvalue weighted by molar-refractivity contribution is 9.10. The smallest absolute Gasteiger partial charge is 0.262 e. The Kier molecular flexibility index (Phi) is 8.74. The summed E-state index contributed by atoms with van der Waals surface area (Å²) >= 11 is 4.97. The third-order valence-corrected chi connectivity index (χ3v) is 14.7. The van der Waals surface area contributed by atoms with Crippen LogP contribution in [0.1, 0.15) is 34.6 Å². The standard InChI is InChI=1S/C25H35BrN2O5S2Si/c1-24(2,3)36(6,7)33-27-23(29)22-25(4,5)34-17-16-28(22)35(30,31)21-14-12-20(13-15-21)32-19-10-8-18(26)9-11-19/h8-15,22H,16-17H2,1-7H3,(H,27,29). The van der Waals surface area contributed by atoms with Gasteiger partial charge in [0.1, 0.15) is 17.5 Å². The zero-order chi connectivity index (χ0) is 26.9. The van der Waals surface area contributed by atoms with Crippen LogP contribution in [0.4, 0.5) is 0 Å². The molecule has 7 nitrogen and oxygen atoms in total. The lowest BCUT2D eigenvalue weighted by molar-refractivity contribution is -0.133. The highest BCUT2D eigenvalue weighted by Crippen LogP contribution is 2.40. The monoisotopic (exact) mass is 614 g/mol. The Balaban J connectivity index is 1.83. The van der Waals surface area contributed by atoms with Crippen molar-refractivity contribution in [3.8, 4) is 11.5 Å². The average Bonchev–Trinajstić information content (AvgIpc) is 2.78. The number of carbonyl (C=O) groups is 1. The van der Waals surface area contributed by atoms with Crippen LogP contribution in [0.5, 0.6) is 11.5 Å². The van der Waals surface area contributed by atoms with E-state index in [1.807, 2.05) is 51.2 Å². The lowest BCUT2D eigenvalue weighted by Crippen LogP contribution is -2.62. The highest BCUT2D eigenvalue weighted by atomic mass is 79.9. The third-order valence-electron chi connectivity index (χ3n) is 6.67. The van der Waals surface area contributed by atoms with Crippen molar-refractivity contribution in [1.29, 1.82) is 0 Å². The van der Waals surface area contributed by atoms with Gasteiger partial charge in [-0.1, -0.05) is 36.7 Å². The molecule has 36 heavy (non-hydrogen) atoms. The van der Waals surface area contributed by atoms with Gasteiger partial charge in [0.05, 0.1) is 4.90 Å². The largest absolute Gasteiger partial charge is 0.457 e. The summed E-state index contributed by atoms with van der Waals surface area (Å²) < 4.78 is 40.8. The Hall–Kier alpha value is -1.37. The molecule has 11 heteroatoms. The minimum Gasteiger partial charge on any atom is -0.457 e. The van der Waals surface area contributed by atoms with E-state index in [1.165, 1.54) is 16.4 Å². The molecule has 0 aliphatic carbocycles. The van der Waals surface area contributed by atoms with Crippen LogP contribution in [0.3, 0.4) is 0 Å². The van der Waals surface area contributed by atoms with Crippen molar-refractivity contribution in [3.63, 3.8) is 0 Å². The zero-order valence-electron chi connectivity index (χ0n) is 21.8. The van der Waals surface area contributed by atoms with E-state index in [1.54, 1.807) is 23.9 Å². The molecular weight excluding hydrogens is 580 g/mol. The Morgan fingerprint density at radius 2 is 1.61 bits per heavy atom. The van der Waals surface area contributed by atoms with Crippen LogP contribution >= 0.6 is 27.7 Å². The summed E-state index contributed by atoms with van der Waals surface area (Å²) in [4.78, 5) is 13.5. The number of hydroxylamine groups is 1. The van der Waals surface area contributed by atoms with E-state index in [0.29, 0.717) is 17.3 Å². The SMILES string of the molecule is CC1(C)SCCN(S(=O)(=O)c2ccc(Oc3ccc(Br)cc3)cc2)C1C(=O)NO[Si](C)(C)C(C)(C)C. The molecule has 1 fully saturated rings. The van der Waals surface area contributed by atoms with Crippen LogP contribution in [0.2, 0.25) is 18.1 Å². The first kappa shape index (κ1) is 29.2. The molecule has 0 aromatic heterocycles. The number of rotatable bonds is 7. The number of nitrogens with zero attached hydrogens (tertiary/aromatic N) is 1. The van der Waals surface area contributed by atoms with Crippen molar-refractivity contribution in [2.45, 2.75) is 68.4 Å². The predicted molar refractivity (Wildman–Crippen MR) is 151 cm³/mol. The topological polar surface area (TPSA) is 84.9 Å². The molecule has 2 aromatic rings. The molecule has 1 unspecified atom stereocenters. The molecule has 1 amide bonds.